The molecule has 2 N–H and O–H groups in total. The van der Waals surface area contributed by atoms with E-state index in [1.165, 1.54) is 0 Å². The van der Waals surface area contributed by atoms with Gasteiger partial charge in [0.05, 0.1) is 6.42 Å². The van der Waals surface area contributed by atoms with E-state index in [9.17, 15) is 4.79 Å². The standard InChI is InChI=1S/C15H16N2OS.ClH/c16-13-4-1-5-14-12(13)3-2-7-17(14)15(18)9-11-6-8-19-10-11;/h1,4-6,8,10H,2-3,7,9,16H2;1H. The molecule has 2 aromatic rings. The van der Waals surface area contributed by atoms with Gasteiger partial charge in [0.2, 0.25) is 5.91 Å². The van der Waals surface area contributed by atoms with E-state index in [0.29, 0.717) is 6.42 Å². The largest absolute Gasteiger partial charge is 0.398 e. The topological polar surface area (TPSA) is 46.3 Å². The molecule has 0 aliphatic carbocycles. The summed E-state index contributed by atoms with van der Waals surface area (Å²) in [5.41, 5.74) is 10.00. The third-order valence-corrected chi connectivity index (χ3v) is 4.26. The Kier molecular flexibility index (Phi) is 4.68. The van der Waals surface area contributed by atoms with Crippen LogP contribution in [0.5, 0.6) is 0 Å². The lowest BCUT2D eigenvalue weighted by Crippen LogP contribution is -2.36. The fraction of sp³-hybridized carbons (Fsp3) is 0.267. The molecule has 1 amide bonds. The van der Waals surface area contributed by atoms with Crippen LogP contribution in [0.3, 0.4) is 0 Å². The second kappa shape index (κ2) is 6.29. The molecular formula is C15H17ClN2OS. The SMILES string of the molecule is Cl.Nc1cccc2c1CCCN2C(=O)Cc1ccsc1. The smallest absolute Gasteiger partial charge is 0.231 e. The van der Waals surface area contributed by atoms with Crippen LogP contribution in [-0.2, 0) is 17.6 Å². The molecule has 0 unspecified atom stereocenters. The first-order valence-electron chi connectivity index (χ1n) is 6.44. The molecule has 5 heteroatoms. The van der Waals surface area contributed by atoms with Crippen molar-refractivity contribution in [3.63, 3.8) is 0 Å². The van der Waals surface area contributed by atoms with E-state index in [-0.39, 0.29) is 18.3 Å². The molecule has 0 atom stereocenters. The van der Waals surface area contributed by atoms with Crippen molar-refractivity contribution in [2.75, 3.05) is 17.2 Å². The number of nitrogens with two attached hydrogens (primary N) is 1. The van der Waals surface area contributed by atoms with Gasteiger partial charge in [-0.15, -0.1) is 12.4 Å². The van der Waals surface area contributed by atoms with Crippen molar-refractivity contribution >= 4 is 41.0 Å². The van der Waals surface area contributed by atoms with Crippen LogP contribution in [0.25, 0.3) is 0 Å². The summed E-state index contributed by atoms with van der Waals surface area (Å²) < 4.78 is 0. The number of anilines is 2. The van der Waals surface area contributed by atoms with E-state index in [0.717, 1.165) is 41.9 Å². The number of thiophene rings is 1. The Labute approximate surface area is 128 Å². The van der Waals surface area contributed by atoms with Gasteiger partial charge in [0, 0.05) is 17.9 Å². The van der Waals surface area contributed by atoms with Gasteiger partial charge < -0.3 is 10.6 Å². The number of nitrogens with zero attached hydrogens (tertiary/aromatic N) is 1. The molecule has 2 heterocycles. The van der Waals surface area contributed by atoms with E-state index in [4.69, 9.17) is 5.73 Å². The molecule has 1 aliphatic rings. The lowest BCUT2D eigenvalue weighted by atomic mass is 9.99. The molecule has 1 aromatic heterocycles. The van der Waals surface area contributed by atoms with E-state index in [1.807, 2.05) is 39.9 Å². The highest BCUT2D eigenvalue weighted by molar-refractivity contribution is 7.08. The van der Waals surface area contributed by atoms with Crippen LogP contribution < -0.4 is 10.6 Å². The number of hydrogen-bond donors (Lipinski definition) is 1. The van der Waals surface area contributed by atoms with Gasteiger partial charge in [-0.2, -0.15) is 11.3 Å². The molecule has 106 valence electrons. The van der Waals surface area contributed by atoms with Crippen molar-refractivity contribution in [3.05, 3.63) is 46.2 Å². The fourth-order valence-electron chi connectivity index (χ4n) is 2.57. The zero-order chi connectivity index (χ0) is 13.2. The Bertz CT molecular complexity index is 598. The van der Waals surface area contributed by atoms with Crippen LogP contribution >= 0.6 is 23.7 Å². The zero-order valence-electron chi connectivity index (χ0n) is 11.0. The number of carbonyl (C=O) groups excluding carboxylic acids is 1. The predicted molar refractivity (Wildman–Crippen MR) is 86.8 cm³/mol. The minimum Gasteiger partial charge on any atom is -0.398 e. The van der Waals surface area contributed by atoms with E-state index in [2.05, 4.69) is 0 Å². The van der Waals surface area contributed by atoms with E-state index < -0.39 is 0 Å². The first-order chi connectivity index (χ1) is 9.25. The minimum atomic E-state index is 0. The molecule has 0 radical (unpaired) electrons. The Balaban J connectivity index is 0.00000147. The summed E-state index contributed by atoms with van der Waals surface area (Å²) in [5, 5.41) is 4.03. The highest BCUT2D eigenvalue weighted by atomic mass is 35.5. The van der Waals surface area contributed by atoms with Crippen LogP contribution in [0.1, 0.15) is 17.5 Å². The average Bonchev–Trinajstić information content (AvgIpc) is 2.91. The Morgan fingerprint density at radius 2 is 2.20 bits per heavy atom. The summed E-state index contributed by atoms with van der Waals surface area (Å²) in [6.07, 6.45) is 2.42. The van der Waals surface area contributed by atoms with Crippen LogP contribution in [0, 0.1) is 0 Å². The molecule has 0 bridgehead atoms. The van der Waals surface area contributed by atoms with Crippen molar-refractivity contribution in [3.8, 4) is 0 Å². The quantitative estimate of drug-likeness (QED) is 0.866. The molecule has 0 saturated heterocycles. The summed E-state index contributed by atoms with van der Waals surface area (Å²) in [4.78, 5) is 14.3. The number of amides is 1. The molecule has 1 aromatic carbocycles. The molecule has 0 fully saturated rings. The maximum atomic E-state index is 12.4. The lowest BCUT2D eigenvalue weighted by molar-refractivity contribution is -0.118. The van der Waals surface area contributed by atoms with Gasteiger partial charge in [-0.05, 0) is 52.9 Å². The van der Waals surface area contributed by atoms with Crippen molar-refractivity contribution in [2.24, 2.45) is 0 Å². The number of halogens is 1. The summed E-state index contributed by atoms with van der Waals surface area (Å²) in [6, 6.07) is 7.83. The Hall–Kier alpha value is -1.52. The molecular weight excluding hydrogens is 292 g/mol. The molecule has 3 nitrogen and oxygen atoms in total. The van der Waals surface area contributed by atoms with Crippen LogP contribution in [0.15, 0.2) is 35.0 Å². The van der Waals surface area contributed by atoms with Crippen molar-refractivity contribution in [2.45, 2.75) is 19.3 Å². The number of hydrogen-bond acceptors (Lipinski definition) is 3. The highest BCUT2D eigenvalue weighted by Gasteiger charge is 2.23. The number of nitrogen functional groups attached to an aromatic ring is 1. The van der Waals surface area contributed by atoms with Gasteiger partial charge in [-0.25, -0.2) is 0 Å². The molecule has 0 spiro atoms. The van der Waals surface area contributed by atoms with Gasteiger partial charge in [0.15, 0.2) is 0 Å². The summed E-state index contributed by atoms with van der Waals surface area (Å²) in [6.45, 7) is 0.791. The third kappa shape index (κ3) is 2.81. The van der Waals surface area contributed by atoms with Crippen LogP contribution in [0.4, 0.5) is 11.4 Å². The number of carbonyl (C=O) groups is 1. The van der Waals surface area contributed by atoms with Crippen molar-refractivity contribution in [1.29, 1.82) is 0 Å². The van der Waals surface area contributed by atoms with Crippen molar-refractivity contribution in [1.82, 2.24) is 0 Å². The van der Waals surface area contributed by atoms with Gasteiger partial charge in [0.1, 0.15) is 0 Å². The molecule has 1 aliphatic heterocycles. The van der Waals surface area contributed by atoms with Crippen LogP contribution in [0.2, 0.25) is 0 Å². The predicted octanol–water partition coefficient (Wildman–Crippen LogP) is 3.27. The second-order valence-corrected chi connectivity index (χ2v) is 5.58. The maximum Gasteiger partial charge on any atom is 0.231 e. The molecule has 3 rings (SSSR count). The summed E-state index contributed by atoms with van der Waals surface area (Å²) in [7, 11) is 0. The Morgan fingerprint density at radius 1 is 1.35 bits per heavy atom. The lowest BCUT2D eigenvalue weighted by Gasteiger charge is -2.30. The zero-order valence-corrected chi connectivity index (χ0v) is 12.7. The minimum absolute atomic E-state index is 0. The van der Waals surface area contributed by atoms with Crippen molar-refractivity contribution < 1.29 is 4.79 Å². The van der Waals surface area contributed by atoms with Gasteiger partial charge in [-0.3, -0.25) is 4.79 Å². The maximum absolute atomic E-state index is 12.4. The number of benzene rings is 1. The molecule has 0 saturated carbocycles. The fourth-order valence-corrected chi connectivity index (χ4v) is 3.24. The third-order valence-electron chi connectivity index (χ3n) is 3.52. The summed E-state index contributed by atoms with van der Waals surface area (Å²) in [5.74, 6) is 0.157. The number of fused-ring (bicyclic) bond motifs is 1. The normalized spacial score (nSPS) is 13.5. The van der Waals surface area contributed by atoms with Gasteiger partial charge in [0.25, 0.3) is 0 Å². The van der Waals surface area contributed by atoms with E-state index >= 15 is 0 Å². The first-order valence-corrected chi connectivity index (χ1v) is 7.39. The summed E-state index contributed by atoms with van der Waals surface area (Å²) >= 11 is 1.63. The monoisotopic (exact) mass is 308 g/mol. The van der Waals surface area contributed by atoms with Crippen LogP contribution in [-0.4, -0.2) is 12.5 Å². The average molecular weight is 309 g/mol. The first kappa shape index (κ1) is 14.9. The van der Waals surface area contributed by atoms with Gasteiger partial charge >= 0.3 is 0 Å². The Morgan fingerprint density at radius 3 is 2.95 bits per heavy atom. The second-order valence-electron chi connectivity index (χ2n) is 4.80. The van der Waals surface area contributed by atoms with Gasteiger partial charge in [-0.1, -0.05) is 6.07 Å². The number of rotatable bonds is 2. The van der Waals surface area contributed by atoms with E-state index in [1.54, 1.807) is 11.3 Å². The molecule has 20 heavy (non-hydrogen) atoms. The highest BCUT2D eigenvalue weighted by Crippen LogP contribution is 2.31.